The molecule has 4 N–H and O–H groups in total. The Morgan fingerprint density at radius 2 is 1.39 bits per heavy atom. The summed E-state index contributed by atoms with van der Waals surface area (Å²) in [6.45, 7) is 3.47. The second kappa shape index (κ2) is 14.7. The summed E-state index contributed by atoms with van der Waals surface area (Å²) < 4.78 is 27.2. The van der Waals surface area contributed by atoms with Crippen LogP contribution in [0, 0.1) is 0 Å². The quantitative estimate of drug-likeness (QED) is 0.251. The highest BCUT2D eigenvalue weighted by Crippen LogP contribution is 2.38. The van der Waals surface area contributed by atoms with Crippen molar-refractivity contribution >= 4 is 11.9 Å². The molecule has 0 saturated carbocycles. The number of ether oxygens (including phenoxy) is 5. The second-order valence-corrected chi connectivity index (χ2v) is 7.50. The molecule has 0 aliphatic rings. The number of methoxy groups -OCH3 is 3. The van der Waals surface area contributed by atoms with Gasteiger partial charge in [-0.1, -0.05) is 30.3 Å². The fourth-order valence-electron chi connectivity index (χ4n) is 3.31. The fourth-order valence-corrected chi connectivity index (χ4v) is 3.31. The van der Waals surface area contributed by atoms with Crippen LogP contribution in [0.4, 0.5) is 11.9 Å². The minimum atomic E-state index is 0.427. The monoisotopic (exact) mass is 498 g/mol. The third-order valence-corrected chi connectivity index (χ3v) is 5.01. The van der Waals surface area contributed by atoms with Gasteiger partial charge in [-0.25, -0.2) is 0 Å². The predicted molar refractivity (Wildman–Crippen MR) is 138 cm³/mol. The highest BCUT2D eigenvalue weighted by Gasteiger charge is 2.14. The third-order valence-electron chi connectivity index (χ3n) is 5.01. The molecular formula is C25H34N6O5. The number of nitrogens with zero attached hydrogens (tertiary/aromatic N) is 3. The van der Waals surface area contributed by atoms with Crippen LogP contribution in [-0.4, -0.2) is 75.8 Å². The van der Waals surface area contributed by atoms with E-state index in [1.54, 1.807) is 21.3 Å². The predicted octanol–water partition coefficient (Wildman–Crippen LogP) is 2.58. The normalized spacial score (nSPS) is 10.7. The molecule has 0 aliphatic heterocycles. The summed E-state index contributed by atoms with van der Waals surface area (Å²) in [6.07, 6.45) is 0. The average molecular weight is 499 g/mol. The van der Waals surface area contributed by atoms with Gasteiger partial charge in [0.25, 0.3) is 0 Å². The van der Waals surface area contributed by atoms with Crippen LogP contribution >= 0.6 is 0 Å². The smallest absolute Gasteiger partial charge is 0.228 e. The van der Waals surface area contributed by atoms with Crippen molar-refractivity contribution in [2.75, 3.05) is 71.5 Å². The molecule has 0 radical (unpaired) electrons. The minimum absolute atomic E-state index is 0.427. The maximum Gasteiger partial charge on any atom is 0.228 e. The van der Waals surface area contributed by atoms with Gasteiger partial charge < -0.3 is 40.1 Å². The number of rotatable bonds is 16. The summed E-state index contributed by atoms with van der Waals surface area (Å²) in [7, 11) is 4.74. The summed E-state index contributed by atoms with van der Waals surface area (Å²) in [4.78, 5) is 13.7. The molecule has 0 bridgehead atoms. The molecule has 3 rings (SSSR count). The van der Waals surface area contributed by atoms with Crippen molar-refractivity contribution in [1.82, 2.24) is 15.0 Å². The van der Waals surface area contributed by atoms with Crippen LogP contribution < -0.4 is 30.6 Å². The molecule has 11 nitrogen and oxygen atoms in total. The Hall–Kier alpha value is -3.67. The van der Waals surface area contributed by atoms with Crippen molar-refractivity contribution in [3.63, 3.8) is 0 Å². The van der Waals surface area contributed by atoms with Crippen LogP contribution in [0.2, 0.25) is 0 Å². The molecule has 36 heavy (non-hydrogen) atoms. The van der Waals surface area contributed by atoms with Gasteiger partial charge in [-0.05, 0) is 17.7 Å². The van der Waals surface area contributed by atoms with E-state index in [0.717, 1.165) is 11.1 Å². The van der Waals surface area contributed by atoms with Crippen LogP contribution in [0.3, 0.4) is 0 Å². The first-order valence-corrected chi connectivity index (χ1v) is 11.6. The molecule has 0 spiro atoms. The van der Waals surface area contributed by atoms with E-state index >= 15 is 0 Å². The Labute approximate surface area is 211 Å². The SMILES string of the molecule is COc1cc(CNc2nc(NCCOCCOCCN)nc(-c3ccccc3)n2)cc(OC)c1OC. The molecule has 0 aliphatic carbocycles. The van der Waals surface area contributed by atoms with Crippen molar-refractivity contribution in [2.45, 2.75) is 6.54 Å². The highest BCUT2D eigenvalue weighted by atomic mass is 16.5. The first-order chi connectivity index (χ1) is 17.7. The Morgan fingerprint density at radius 3 is 2.00 bits per heavy atom. The maximum atomic E-state index is 5.57. The molecule has 11 heteroatoms. The maximum absolute atomic E-state index is 5.57. The number of hydrogen-bond acceptors (Lipinski definition) is 11. The van der Waals surface area contributed by atoms with Crippen LogP contribution in [0.25, 0.3) is 11.4 Å². The second-order valence-electron chi connectivity index (χ2n) is 7.50. The molecule has 0 atom stereocenters. The van der Waals surface area contributed by atoms with Crippen LogP contribution in [0.1, 0.15) is 5.56 Å². The topological polar surface area (TPSA) is 135 Å². The largest absolute Gasteiger partial charge is 0.493 e. The van der Waals surface area contributed by atoms with Crippen LogP contribution in [-0.2, 0) is 16.0 Å². The summed E-state index contributed by atoms with van der Waals surface area (Å²) in [5.74, 6) is 3.11. The van der Waals surface area contributed by atoms with E-state index in [-0.39, 0.29) is 0 Å². The standard InChI is InChI=1S/C25H34N6O5/c1-32-20-15-18(16-21(33-2)22(20)34-3)17-28-25-30-23(19-7-5-4-6-8-19)29-24(31-25)27-10-12-36-14-13-35-11-9-26/h4-8,15-16H,9-14,17,26H2,1-3H3,(H2,27,28,29,30,31). The van der Waals surface area contributed by atoms with E-state index in [1.165, 1.54) is 0 Å². The van der Waals surface area contributed by atoms with Gasteiger partial charge in [0.05, 0.1) is 47.8 Å². The molecule has 2 aromatic carbocycles. The molecule has 0 saturated heterocycles. The molecule has 0 amide bonds. The van der Waals surface area contributed by atoms with Crippen molar-refractivity contribution in [3.8, 4) is 28.6 Å². The van der Waals surface area contributed by atoms with Crippen molar-refractivity contribution in [2.24, 2.45) is 5.73 Å². The van der Waals surface area contributed by atoms with Crippen molar-refractivity contribution < 1.29 is 23.7 Å². The first kappa shape index (κ1) is 26.9. The van der Waals surface area contributed by atoms with Crippen LogP contribution in [0.5, 0.6) is 17.2 Å². The Bertz CT molecular complexity index is 1050. The van der Waals surface area contributed by atoms with Crippen molar-refractivity contribution in [1.29, 1.82) is 0 Å². The lowest BCUT2D eigenvalue weighted by atomic mass is 10.2. The van der Waals surface area contributed by atoms with E-state index in [9.17, 15) is 0 Å². The van der Waals surface area contributed by atoms with E-state index in [4.69, 9.17) is 29.4 Å². The fraction of sp³-hybridized carbons (Fsp3) is 0.400. The summed E-state index contributed by atoms with van der Waals surface area (Å²) >= 11 is 0. The molecule has 0 fully saturated rings. The molecule has 0 unspecified atom stereocenters. The zero-order valence-electron chi connectivity index (χ0n) is 21.0. The highest BCUT2D eigenvalue weighted by molar-refractivity contribution is 5.58. The number of hydrogen-bond donors (Lipinski definition) is 3. The first-order valence-electron chi connectivity index (χ1n) is 11.6. The third kappa shape index (κ3) is 7.94. The molecular weight excluding hydrogens is 464 g/mol. The molecule has 3 aromatic rings. The van der Waals surface area contributed by atoms with E-state index in [0.29, 0.717) is 81.0 Å². The minimum Gasteiger partial charge on any atom is -0.493 e. The Morgan fingerprint density at radius 1 is 0.750 bits per heavy atom. The van der Waals surface area contributed by atoms with Gasteiger partial charge in [0.1, 0.15) is 0 Å². The van der Waals surface area contributed by atoms with Crippen molar-refractivity contribution in [3.05, 3.63) is 48.0 Å². The van der Waals surface area contributed by atoms with Gasteiger partial charge in [0, 0.05) is 25.2 Å². The average Bonchev–Trinajstić information content (AvgIpc) is 2.93. The Balaban J connectivity index is 1.70. The summed E-state index contributed by atoms with van der Waals surface area (Å²) in [5, 5.41) is 6.47. The van der Waals surface area contributed by atoms with E-state index in [1.807, 2.05) is 42.5 Å². The number of nitrogens with two attached hydrogens (primary N) is 1. The lowest BCUT2D eigenvalue weighted by molar-refractivity contribution is 0.0547. The molecule has 194 valence electrons. The van der Waals surface area contributed by atoms with Gasteiger partial charge in [0.15, 0.2) is 17.3 Å². The lowest BCUT2D eigenvalue weighted by Gasteiger charge is -2.15. The van der Waals surface area contributed by atoms with E-state index < -0.39 is 0 Å². The number of aromatic nitrogens is 3. The molecule has 1 heterocycles. The van der Waals surface area contributed by atoms with Gasteiger partial charge in [0.2, 0.25) is 17.6 Å². The number of anilines is 2. The van der Waals surface area contributed by atoms with Crippen LogP contribution in [0.15, 0.2) is 42.5 Å². The van der Waals surface area contributed by atoms with Gasteiger partial charge in [-0.2, -0.15) is 15.0 Å². The van der Waals surface area contributed by atoms with Gasteiger partial charge >= 0.3 is 0 Å². The lowest BCUT2D eigenvalue weighted by Crippen LogP contribution is -2.16. The van der Waals surface area contributed by atoms with E-state index in [2.05, 4.69) is 25.6 Å². The zero-order chi connectivity index (χ0) is 25.6. The van der Waals surface area contributed by atoms with Gasteiger partial charge in [-0.3, -0.25) is 0 Å². The number of benzene rings is 2. The van der Waals surface area contributed by atoms with Gasteiger partial charge in [-0.15, -0.1) is 0 Å². The summed E-state index contributed by atoms with van der Waals surface area (Å²) in [6, 6.07) is 13.5. The zero-order valence-corrected chi connectivity index (χ0v) is 21.0. The molecule has 1 aromatic heterocycles. The Kier molecular flexibility index (Phi) is 11.0. The number of nitrogens with one attached hydrogen (secondary N) is 2. The summed E-state index contributed by atoms with van der Waals surface area (Å²) in [5.41, 5.74) is 7.19.